The molecule has 310 valence electrons. The number of rotatable bonds is 4. The average molecular weight is 842 g/mol. The van der Waals surface area contributed by atoms with Gasteiger partial charge < -0.3 is 9.64 Å². The number of ether oxygens (including phenoxy) is 1. The fourth-order valence-corrected chi connectivity index (χ4v) is 12.2. The molecule has 0 radical (unpaired) electrons. The molecule has 0 saturated heterocycles. The summed E-state index contributed by atoms with van der Waals surface area (Å²) in [5, 5.41) is 7.00. The number of fused-ring (bicyclic) bond motifs is 17. The Labute approximate surface area is 384 Å². The summed E-state index contributed by atoms with van der Waals surface area (Å²) in [5.74, 6) is 1.86. The van der Waals surface area contributed by atoms with Crippen molar-refractivity contribution in [3.05, 3.63) is 258 Å². The summed E-state index contributed by atoms with van der Waals surface area (Å²) < 4.78 is 7.25. The largest absolute Gasteiger partial charge is 0.455 e. The second-order valence-electron chi connectivity index (χ2n) is 18.7. The minimum Gasteiger partial charge on any atom is -0.455 e. The van der Waals surface area contributed by atoms with E-state index in [1.807, 2.05) is 0 Å². The van der Waals surface area contributed by atoms with Gasteiger partial charge in [-0.05, 0) is 102 Å². The van der Waals surface area contributed by atoms with Crippen LogP contribution in [0.1, 0.15) is 47.2 Å². The van der Waals surface area contributed by atoms with E-state index in [4.69, 9.17) is 4.74 Å². The Hall–Kier alpha value is -8.20. The lowest BCUT2D eigenvalue weighted by atomic mass is 9.65. The average Bonchev–Trinajstić information content (AvgIpc) is 3.79. The lowest BCUT2D eigenvalue weighted by molar-refractivity contribution is 0.447. The Bertz CT molecular complexity index is 3760. The molecular weight excluding hydrogens is 799 g/mol. The predicted octanol–water partition coefficient (Wildman–Crippen LogP) is 17.1. The van der Waals surface area contributed by atoms with Gasteiger partial charge in [-0.3, -0.25) is 0 Å². The van der Waals surface area contributed by atoms with Crippen LogP contribution < -0.4 is 9.64 Å². The molecule has 0 unspecified atom stereocenters. The molecule has 0 amide bonds. The summed E-state index contributed by atoms with van der Waals surface area (Å²) in [4.78, 5) is 2.48. The minimum atomic E-state index is -0.625. The Morgan fingerprint density at radius 1 is 0.348 bits per heavy atom. The van der Waals surface area contributed by atoms with E-state index in [-0.39, 0.29) is 5.41 Å². The van der Waals surface area contributed by atoms with Gasteiger partial charge in [0.25, 0.3) is 0 Å². The lowest BCUT2D eigenvalue weighted by Crippen LogP contribution is -2.32. The van der Waals surface area contributed by atoms with Gasteiger partial charge in [0, 0.05) is 44.1 Å². The fourth-order valence-electron chi connectivity index (χ4n) is 12.2. The topological polar surface area (TPSA) is 12.5 Å². The third-order valence-electron chi connectivity index (χ3n) is 15.1. The Balaban J connectivity index is 1.01. The zero-order valence-electron chi connectivity index (χ0n) is 36.7. The zero-order chi connectivity index (χ0) is 43.7. The molecule has 2 heteroatoms. The van der Waals surface area contributed by atoms with E-state index < -0.39 is 5.41 Å². The summed E-state index contributed by atoms with van der Waals surface area (Å²) >= 11 is 0. The first kappa shape index (κ1) is 37.2. The van der Waals surface area contributed by atoms with Crippen LogP contribution in [0, 0.1) is 0 Å². The highest BCUT2D eigenvalue weighted by Crippen LogP contribution is 2.65. The van der Waals surface area contributed by atoms with Gasteiger partial charge in [0.1, 0.15) is 11.5 Å². The first-order chi connectivity index (χ1) is 32.5. The van der Waals surface area contributed by atoms with Crippen molar-refractivity contribution in [1.29, 1.82) is 0 Å². The van der Waals surface area contributed by atoms with Crippen molar-refractivity contribution < 1.29 is 4.74 Å². The first-order valence-electron chi connectivity index (χ1n) is 23.1. The van der Waals surface area contributed by atoms with Crippen LogP contribution in [0.3, 0.4) is 0 Å². The highest BCUT2D eigenvalue weighted by molar-refractivity contribution is 6.04. The molecule has 11 aromatic carbocycles. The van der Waals surface area contributed by atoms with Crippen LogP contribution in [0.2, 0.25) is 0 Å². The van der Waals surface area contributed by atoms with Crippen molar-refractivity contribution in [1.82, 2.24) is 0 Å². The van der Waals surface area contributed by atoms with Gasteiger partial charge in [0.2, 0.25) is 0 Å². The van der Waals surface area contributed by atoms with Gasteiger partial charge in [-0.25, -0.2) is 0 Å². The summed E-state index contributed by atoms with van der Waals surface area (Å²) in [6, 6.07) is 83.2. The molecule has 14 rings (SSSR count). The van der Waals surface area contributed by atoms with Gasteiger partial charge in [-0.15, -0.1) is 0 Å². The molecule has 1 spiro atoms. The molecule has 11 aromatic rings. The summed E-state index contributed by atoms with van der Waals surface area (Å²) in [7, 11) is 0. The highest BCUT2D eigenvalue weighted by Gasteiger charge is 2.52. The first-order valence-corrected chi connectivity index (χ1v) is 23.1. The third-order valence-corrected chi connectivity index (χ3v) is 15.1. The van der Waals surface area contributed by atoms with E-state index in [9.17, 15) is 0 Å². The van der Waals surface area contributed by atoms with Crippen LogP contribution in [-0.4, -0.2) is 0 Å². The van der Waals surface area contributed by atoms with Gasteiger partial charge >= 0.3 is 0 Å². The van der Waals surface area contributed by atoms with Crippen LogP contribution in [0.5, 0.6) is 11.5 Å². The van der Waals surface area contributed by atoms with Crippen LogP contribution >= 0.6 is 0 Å². The number of anilines is 3. The summed E-state index contributed by atoms with van der Waals surface area (Å²) in [6.07, 6.45) is 0. The van der Waals surface area contributed by atoms with Gasteiger partial charge in [0.15, 0.2) is 0 Å². The highest BCUT2D eigenvalue weighted by atomic mass is 16.5. The van der Waals surface area contributed by atoms with E-state index in [1.54, 1.807) is 0 Å². The Morgan fingerprint density at radius 3 is 1.62 bits per heavy atom. The van der Waals surface area contributed by atoms with E-state index >= 15 is 0 Å². The Morgan fingerprint density at radius 2 is 0.879 bits per heavy atom. The van der Waals surface area contributed by atoms with Crippen molar-refractivity contribution in [2.75, 3.05) is 4.90 Å². The number of nitrogens with zero attached hydrogens (tertiary/aromatic N) is 1. The second kappa shape index (κ2) is 13.7. The van der Waals surface area contributed by atoms with Crippen molar-refractivity contribution in [2.24, 2.45) is 0 Å². The van der Waals surface area contributed by atoms with Crippen molar-refractivity contribution in [3.8, 4) is 44.9 Å². The van der Waals surface area contributed by atoms with Crippen molar-refractivity contribution in [3.63, 3.8) is 0 Å². The fraction of sp³-hybridized carbons (Fsp3) is 0.0625. The number of benzene rings is 11. The van der Waals surface area contributed by atoms with Crippen LogP contribution in [0.15, 0.2) is 224 Å². The quantitative estimate of drug-likeness (QED) is 0.175. The molecule has 0 aromatic heterocycles. The van der Waals surface area contributed by atoms with Crippen LogP contribution in [0.4, 0.5) is 17.1 Å². The van der Waals surface area contributed by atoms with Gasteiger partial charge in [-0.1, -0.05) is 208 Å². The molecule has 0 bridgehead atoms. The second-order valence-corrected chi connectivity index (χ2v) is 18.7. The van der Waals surface area contributed by atoms with Crippen molar-refractivity contribution >= 4 is 49.4 Å². The molecule has 66 heavy (non-hydrogen) atoms. The molecular formula is C64H43NO. The number of hydrogen-bond donors (Lipinski definition) is 0. The molecule has 1 heterocycles. The zero-order valence-corrected chi connectivity index (χ0v) is 36.7. The van der Waals surface area contributed by atoms with E-state index in [1.165, 1.54) is 88.3 Å². The van der Waals surface area contributed by atoms with Gasteiger partial charge in [0.05, 0.1) is 11.1 Å². The minimum absolute atomic E-state index is 0.137. The predicted molar refractivity (Wildman–Crippen MR) is 274 cm³/mol. The number of hydrogen-bond acceptors (Lipinski definition) is 2. The van der Waals surface area contributed by atoms with Gasteiger partial charge in [-0.2, -0.15) is 0 Å². The summed E-state index contributed by atoms with van der Waals surface area (Å²) in [5.41, 5.74) is 17.8. The maximum absolute atomic E-state index is 7.25. The van der Waals surface area contributed by atoms with E-state index in [2.05, 4.69) is 243 Å². The molecule has 0 saturated carbocycles. The maximum Gasteiger partial charge on any atom is 0.140 e. The molecule has 2 nitrogen and oxygen atoms in total. The normalized spacial score (nSPS) is 14.3. The molecule has 0 fully saturated rings. The smallest absolute Gasteiger partial charge is 0.140 e. The third kappa shape index (κ3) is 4.96. The standard InChI is InChI=1S/C64H43NO/c1-63(2)53-28-11-9-25-50(53)51-35-34-45(39-58(51)63)65(59-31-14-19-40-16-3-6-22-46(40)59)44-21-13-20-43(38-44)47-27-15-30-55-60(47)52-26-10-12-29-54(52)64(55)56-36-32-41-17-4-7-23-48(41)61(56)66-62-49-24-8-5-18-42(49)33-37-57(62)64/h3-39H,1-2H3. The van der Waals surface area contributed by atoms with Crippen LogP contribution in [0.25, 0.3) is 65.7 Å². The van der Waals surface area contributed by atoms with Crippen molar-refractivity contribution in [2.45, 2.75) is 24.7 Å². The molecule has 0 atom stereocenters. The molecule has 1 aliphatic heterocycles. The van der Waals surface area contributed by atoms with Crippen LogP contribution in [-0.2, 0) is 10.8 Å². The van der Waals surface area contributed by atoms with E-state index in [0.29, 0.717) is 0 Å². The summed E-state index contributed by atoms with van der Waals surface area (Å²) in [6.45, 7) is 4.73. The Kier molecular flexibility index (Phi) is 7.70. The monoisotopic (exact) mass is 841 g/mol. The molecule has 0 N–H and O–H groups in total. The maximum atomic E-state index is 7.25. The SMILES string of the molecule is CC1(C)c2ccccc2-c2ccc(N(c3cccc(-c4cccc5c4-c4ccccc4C54c5ccc6ccccc6c5Oc5c4ccc4ccccc54)c3)c3cccc4ccccc34)cc21. The lowest BCUT2D eigenvalue weighted by Gasteiger charge is -2.40. The van der Waals surface area contributed by atoms with E-state index in [0.717, 1.165) is 39.3 Å². The molecule has 3 aliphatic rings. The molecule has 2 aliphatic carbocycles.